The fourth-order valence-electron chi connectivity index (χ4n) is 4.81. The predicted octanol–water partition coefficient (Wildman–Crippen LogP) is 2.12. The standard InChI is InChI=1S/C17H16N2O3/c1-9-2-3-10(22-9)8-18-19-15(20)13-11-4-5-12(14(13)16(19)21)17(11)6-7-17/h2-5,8,11-14H,6-7H2,1H3. The molecule has 3 fully saturated rings. The highest BCUT2D eigenvalue weighted by molar-refractivity contribution is 6.07. The van der Waals surface area contributed by atoms with E-state index >= 15 is 0 Å². The van der Waals surface area contributed by atoms with E-state index in [-0.39, 0.29) is 40.9 Å². The van der Waals surface area contributed by atoms with Crippen molar-refractivity contribution in [3.63, 3.8) is 0 Å². The van der Waals surface area contributed by atoms with Crippen LogP contribution < -0.4 is 0 Å². The minimum Gasteiger partial charge on any atom is -0.460 e. The van der Waals surface area contributed by atoms with Crippen LogP contribution in [0.4, 0.5) is 0 Å². The Bertz CT molecular complexity index is 722. The number of hydrogen-bond acceptors (Lipinski definition) is 4. The van der Waals surface area contributed by atoms with Crippen LogP contribution >= 0.6 is 0 Å². The van der Waals surface area contributed by atoms with Crippen molar-refractivity contribution in [1.29, 1.82) is 0 Å². The van der Waals surface area contributed by atoms with Crippen LogP contribution in [0.2, 0.25) is 0 Å². The fraction of sp³-hybridized carbons (Fsp3) is 0.471. The molecule has 4 unspecified atom stereocenters. The molecule has 2 bridgehead atoms. The molecule has 112 valence electrons. The highest BCUT2D eigenvalue weighted by Crippen LogP contribution is 2.73. The molecule has 4 aliphatic rings. The van der Waals surface area contributed by atoms with Gasteiger partial charge in [-0.2, -0.15) is 10.1 Å². The Hall–Kier alpha value is -2.17. The number of furan rings is 1. The number of hydrazone groups is 1. The molecule has 4 atom stereocenters. The fourth-order valence-corrected chi connectivity index (χ4v) is 4.81. The minimum absolute atomic E-state index is 0.141. The number of allylic oxidation sites excluding steroid dienone is 2. The SMILES string of the molecule is Cc1ccc(C=NN2C(=O)C3C(C2=O)C2C=CC3C23CC3)o1. The lowest BCUT2D eigenvalue weighted by molar-refractivity contribution is -0.141. The summed E-state index contributed by atoms with van der Waals surface area (Å²) in [5.74, 6) is 1.14. The molecule has 5 nitrogen and oxygen atoms in total. The topological polar surface area (TPSA) is 62.9 Å². The number of rotatable bonds is 2. The molecule has 5 heteroatoms. The van der Waals surface area contributed by atoms with Crippen molar-refractivity contribution >= 4 is 18.0 Å². The van der Waals surface area contributed by atoms with Crippen molar-refractivity contribution in [3.8, 4) is 0 Å². The summed E-state index contributed by atoms with van der Waals surface area (Å²) in [5, 5.41) is 5.17. The van der Waals surface area contributed by atoms with E-state index < -0.39 is 0 Å². The third-order valence-electron chi connectivity index (χ3n) is 5.89. The Kier molecular flexibility index (Phi) is 2.12. The van der Waals surface area contributed by atoms with Crippen molar-refractivity contribution in [2.45, 2.75) is 19.8 Å². The number of fused-ring (bicyclic) bond motifs is 3. The zero-order valence-electron chi connectivity index (χ0n) is 12.2. The molecule has 0 aromatic carbocycles. The van der Waals surface area contributed by atoms with E-state index in [1.54, 1.807) is 6.07 Å². The first-order valence-corrected chi connectivity index (χ1v) is 7.78. The van der Waals surface area contributed by atoms with Gasteiger partial charge < -0.3 is 4.42 Å². The van der Waals surface area contributed by atoms with Crippen LogP contribution in [0.15, 0.2) is 33.8 Å². The molecule has 1 aromatic rings. The summed E-state index contributed by atoms with van der Waals surface area (Å²) in [6.07, 6.45) is 8.07. The Morgan fingerprint density at radius 1 is 1.18 bits per heavy atom. The van der Waals surface area contributed by atoms with E-state index in [1.807, 2.05) is 13.0 Å². The van der Waals surface area contributed by atoms with Crippen molar-refractivity contribution in [2.75, 3.05) is 0 Å². The number of aryl methyl sites for hydroxylation is 1. The molecule has 2 amide bonds. The van der Waals surface area contributed by atoms with Gasteiger partial charge in [0.1, 0.15) is 11.5 Å². The first kappa shape index (κ1) is 12.4. The monoisotopic (exact) mass is 296 g/mol. The van der Waals surface area contributed by atoms with Crippen molar-refractivity contribution in [1.82, 2.24) is 5.01 Å². The van der Waals surface area contributed by atoms with E-state index in [0.29, 0.717) is 5.76 Å². The van der Waals surface area contributed by atoms with Gasteiger partial charge >= 0.3 is 0 Å². The summed E-state index contributed by atoms with van der Waals surface area (Å²) in [5.41, 5.74) is 0.231. The van der Waals surface area contributed by atoms with Crippen molar-refractivity contribution in [3.05, 3.63) is 35.8 Å². The second kappa shape index (κ2) is 3.77. The van der Waals surface area contributed by atoms with Gasteiger partial charge in [0.25, 0.3) is 11.8 Å². The summed E-state index contributed by atoms with van der Waals surface area (Å²) >= 11 is 0. The summed E-state index contributed by atoms with van der Waals surface area (Å²) in [4.78, 5) is 25.3. The largest absolute Gasteiger partial charge is 0.460 e. The van der Waals surface area contributed by atoms with Crippen LogP contribution in [-0.2, 0) is 9.59 Å². The molecule has 2 heterocycles. The van der Waals surface area contributed by atoms with Crippen molar-refractivity contribution in [2.24, 2.45) is 34.2 Å². The zero-order chi connectivity index (χ0) is 15.1. The van der Waals surface area contributed by atoms with E-state index in [9.17, 15) is 9.59 Å². The molecule has 1 aromatic heterocycles. The van der Waals surface area contributed by atoms with Crippen LogP contribution in [0.25, 0.3) is 0 Å². The second-order valence-electron chi connectivity index (χ2n) is 6.90. The van der Waals surface area contributed by atoms with Gasteiger partial charge in [0.15, 0.2) is 0 Å². The van der Waals surface area contributed by atoms with Gasteiger partial charge in [-0.3, -0.25) is 9.59 Å². The lowest BCUT2D eigenvalue weighted by atomic mass is 9.85. The number of imide groups is 1. The van der Waals surface area contributed by atoms with E-state index in [1.165, 1.54) is 6.21 Å². The average Bonchev–Trinajstić information content (AvgIpc) is 2.87. The predicted molar refractivity (Wildman–Crippen MR) is 77.7 cm³/mol. The van der Waals surface area contributed by atoms with Crippen molar-refractivity contribution < 1.29 is 14.0 Å². The molecule has 1 saturated heterocycles. The number of carbonyl (C=O) groups excluding carboxylic acids is 2. The van der Waals surface area contributed by atoms with Crippen LogP contribution in [0.3, 0.4) is 0 Å². The molecule has 3 aliphatic carbocycles. The second-order valence-corrected chi connectivity index (χ2v) is 6.90. The van der Waals surface area contributed by atoms with E-state index in [0.717, 1.165) is 23.6 Å². The Morgan fingerprint density at radius 2 is 1.82 bits per heavy atom. The van der Waals surface area contributed by atoms with Gasteiger partial charge in [-0.1, -0.05) is 12.2 Å². The lowest BCUT2D eigenvalue weighted by Gasteiger charge is -2.18. The number of carbonyl (C=O) groups is 2. The first-order valence-electron chi connectivity index (χ1n) is 7.78. The molecule has 0 N–H and O–H groups in total. The number of nitrogens with zero attached hydrogens (tertiary/aromatic N) is 2. The van der Waals surface area contributed by atoms with Crippen LogP contribution in [0.1, 0.15) is 24.4 Å². The summed E-state index contributed by atoms with van der Waals surface area (Å²) in [6.45, 7) is 1.84. The number of amides is 2. The van der Waals surface area contributed by atoms with Crippen LogP contribution in [-0.4, -0.2) is 23.0 Å². The van der Waals surface area contributed by atoms with E-state index in [2.05, 4.69) is 17.3 Å². The summed E-state index contributed by atoms with van der Waals surface area (Å²) in [6, 6.07) is 3.60. The van der Waals surface area contributed by atoms with Gasteiger partial charge in [-0.15, -0.1) is 0 Å². The van der Waals surface area contributed by atoms with Crippen LogP contribution in [0, 0.1) is 36.0 Å². The minimum atomic E-state index is -0.194. The first-order chi connectivity index (χ1) is 10.6. The maximum Gasteiger partial charge on any atom is 0.254 e. The third-order valence-corrected chi connectivity index (χ3v) is 5.89. The molecular weight excluding hydrogens is 280 g/mol. The van der Waals surface area contributed by atoms with Gasteiger partial charge in [0, 0.05) is 0 Å². The van der Waals surface area contributed by atoms with Crippen LogP contribution in [0.5, 0.6) is 0 Å². The van der Waals surface area contributed by atoms with Gasteiger partial charge in [0.05, 0.1) is 18.1 Å². The molecule has 2 saturated carbocycles. The maximum atomic E-state index is 12.7. The Balaban J connectivity index is 1.45. The quantitative estimate of drug-likeness (QED) is 0.477. The molecule has 22 heavy (non-hydrogen) atoms. The molecular formula is C17H16N2O3. The van der Waals surface area contributed by atoms with Gasteiger partial charge in [0.2, 0.25) is 0 Å². The Morgan fingerprint density at radius 3 is 2.32 bits per heavy atom. The average molecular weight is 296 g/mol. The van der Waals surface area contributed by atoms with E-state index in [4.69, 9.17) is 4.42 Å². The Labute approximate surface area is 127 Å². The van der Waals surface area contributed by atoms with Gasteiger partial charge in [-0.05, 0) is 49.1 Å². The third kappa shape index (κ3) is 1.32. The molecule has 1 aliphatic heterocycles. The summed E-state index contributed by atoms with van der Waals surface area (Å²) in [7, 11) is 0. The van der Waals surface area contributed by atoms with Gasteiger partial charge in [-0.25, -0.2) is 0 Å². The molecule has 1 spiro atoms. The maximum absolute atomic E-state index is 12.7. The molecule has 5 rings (SSSR count). The summed E-state index contributed by atoms with van der Waals surface area (Å²) < 4.78 is 5.39. The lowest BCUT2D eigenvalue weighted by Crippen LogP contribution is -2.30. The highest BCUT2D eigenvalue weighted by atomic mass is 16.3. The zero-order valence-corrected chi connectivity index (χ0v) is 12.2. The number of hydrogen-bond donors (Lipinski definition) is 0. The molecule has 0 radical (unpaired) electrons. The normalized spacial score (nSPS) is 37.0. The smallest absolute Gasteiger partial charge is 0.254 e. The highest BCUT2D eigenvalue weighted by Gasteiger charge is 2.73.